The van der Waals surface area contributed by atoms with Crippen molar-refractivity contribution in [1.82, 2.24) is 15.0 Å². The second-order valence-corrected chi connectivity index (χ2v) is 8.93. The Morgan fingerprint density at radius 3 is 1.74 bits per heavy atom. The summed E-state index contributed by atoms with van der Waals surface area (Å²) < 4.78 is 179. The Balaban J connectivity index is 1.45. The minimum Gasteiger partial charge on any atom is -0.455 e. The third-order valence-electron chi connectivity index (χ3n) is 6.30. The van der Waals surface area contributed by atoms with Crippen LogP contribution >= 0.6 is 0 Å². The maximum absolute atomic E-state index is 9.37. The molecule has 0 bridgehead atoms. The predicted molar refractivity (Wildman–Crippen MR) is 174 cm³/mol. The van der Waals surface area contributed by atoms with Gasteiger partial charge in [-0.05, 0) is 28.8 Å². The Hall–Kier alpha value is -5.87. The fraction of sp³-hybridized carbons (Fsp3) is 0. The topological polar surface area (TPSA) is 51.8 Å². The Morgan fingerprint density at radius 1 is 0.442 bits per heavy atom. The van der Waals surface area contributed by atoms with Gasteiger partial charge in [-0.15, -0.1) is 0 Å². The van der Waals surface area contributed by atoms with E-state index in [-0.39, 0.29) is 11.2 Å². The first-order valence-electron chi connectivity index (χ1n) is 22.7. The zero-order valence-electron chi connectivity index (χ0n) is 41.6. The fourth-order valence-electron chi connectivity index (χ4n) is 4.32. The first-order valence-corrected chi connectivity index (χ1v) is 12.7. The van der Waals surface area contributed by atoms with Crippen molar-refractivity contribution in [2.45, 2.75) is 0 Å². The van der Waals surface area contributed by atoms with Crippen molar-refractivity contribution >= 4 is 21.9 Å². The van der Waals surface area contributed by atoms with Gasteiger partial charge in [0.15, 0.2) is 17.5 Å². The Labute approximate surface area is 277 Å². The molecule has 43 heavy (non-hydrogen) atoms. The average molecular weight is 572 g/mol. The lowest BCUT2D eigenvalue weighted by Crippen LogP contribution is -2.00. The highest BCUT2D eigenvalue weighted by Crippen LogP contribution is 2.38. The third kappa shape index (κ3) is 4.65. The summed E-state index contributed by atoms with van der Waals surface area (Å²) in [6.07, 6.45) is 0. The van der Waals surface area contributed by atoms with Crippen molar-refractivity contribution < 1.29 is 31.8 Å². The number of hydrogen-bond donors (Lipinski definition) is 0. The molecule has 0 fully saturated rings. The number of furan rings is 1. The van der Waals surface area contributed by atoms with Crippen LogP contribution in [0.15, 0.2) is 156 Å². The van der Waals surface area contributed by atoms with Crippen LogP contribution < -0.4 is 0 Å². The summed E-state index contributed by atoms with van der Waals surface area (Å²) in [6.45, 7) is 0. The molecule has 0 atom stereocenters. The number of para-hydroxylation sites is 1. The smallest absolute Gasteiger partial charge is 0.164 e. The third-order valence-corrected chi connectivity index (χ3v) is 6.30. The standard InChI is InChI=1S/C39H25N3O/c1-4-11-26(12-5-1)27-19-21-28(22-20-27)32-17-10-18-34-33-24-23-31(25-35(33)43-36(32)34)39-41-37(29-13-6-2-7-14-29)40-38(42-39)30-15-8-3-9-16-30/h1-25H/i1D,2D,4D,5D,6D,7D,10D,11D,12D,13D,14D,17D,18D,19D,20D,21D,22D,23D,24D,25D. The van der Waals surface area contributed by atoms with Crippen LogP contribution in [0.3, 0.4) is 0 Å². The summed E-state index contributed by atoms with van der Waals surface area (Å²) in [7, 11) is 0. The quantitative estimate of drug-likeness (QED) is 0.206. The summed E-state index contributed by atoms with van der Waals surface area (Å²) >= 11 is 0. The van der Waals surface area contributed by atoms with E-state index in [2.05, 4.69) is 15.0 Å². The SMILES string of the molecule is [2H]c1c([2H])c([2H])c(-c2nc(-c3ccccc3)nc(-c3c([2H])c([2H])c4c(oc5c(-c6c([2H])c([2H])c(-c7c([2H])c([2H])c([2H])c([2H])c7[2H])c([2H])c6[2H])c([2H])c([2H])c([2H])c54)c3[2H])n2)c([2H])c1[2H]. The van der Waals surface area contributed by atoms with Crippen LogP contribution in [-0.2, 0) is 0 Å². The molecule has 202 valence electrons. The van der Waals surface area contributed by atoms with Crippen LogP contribution in [0.1, 0.15) is 27.4 Å². The van der Waals surface area contributed by atoms with Gasteiger partial charge in [0, 0.05) is 33.0 Å². The molecule has 0 spiro atoms. The molecule has 0 radical (unpaired) electrons. The van der Waals surface area contributed by atoms with E-state index in [1.807, 2.05) is 0 Å². The van der Waals surface area contributed by atoms with E-state index in [1.165, 1.54) is 0 Å². The van der Waals surface area contributed by atoms with Gasteiger partial charge in [0.05, 0.1) is 27.4 Å². The lowest BCUT2D eigenvalue weighted by molar-refractivity contribution is 0.670. The van der Waals surface area contributed by atoms with Crippen LogP contribution in [-0.4, -0.2) is 15.0 Å². The molecule has 8 aromatic rings. The molecule has 0 saturated carbocycles. The first-order chi connectivity index (χ1) is 29.6. The van der Waals surface area contributed by atoms with Gasteiger partial charge in [-0.1, -0.05) is 139 Å². The molecular weight excluding hydrogens is 526 g/mol. The zero-order valence-corrected chi connectivity index (χ0v) is 21.6. The van der Waals surface area contributed by atoms with E-state index in [1.54, 1.807) is 30.3 Å². The van der Waals surface area contributed by atoms with E-state index < -0.39 is 182 Å². The first kappa shape index (κ1) is 11.8. The van der Waals surface area contributed by atoms with E-state index in [4.69, 9.17) is 29.1 Å². The summed E-state index contributed by atoms with van der Waals surface area (Å²) in [6, 6.07) is -7.12. The molecule has 0 unspecified atom stereocenters. The zero-order chi connectivity index (χ0) is 46.0. The summed E-state index contributed by atoms with van der Waals surface area (Å²) in [5, 5.41) is -0.774. The summed E-state index contributed by atoms with van der Waals surface area (Å²) in [4.78, 5) is 13.2. The minimum atomic E-state index is -0.886. The summed E-state index contributed by atoms with van der Waals surface area (Å²) in [5.41, 5.74) is -4.10. The molecule has 0 saturated heterocycles. The number of nitrogens with zero attached hydrogens (tertiary/aromatic N) is 3. The van der Waals surface area contributed by atoms with Crippen LogP contribution in [0.5, 0.6) is 0 Å². The molecule has 0 N–H and O–H groups in total. The molecule has 0 aliphatic heterocycles. The van der Waals surface area contributed by atoms with E-state index in [9.17, 15) is 2.74 Å². The Bertz CT molecular complexity index is 3270. The van der Waals surface area contributed by atoms with E-state index in [0.717, 1.165) is 0 Å². The van der Waals surface area contributed by atoms with Gasteiger partial charge >= 0.3 is 0 Å². The van der Waals surface area contributed by atoms with Gasteiger partial charge in [0.25, 0.3) is 0 Å². The summed E-state index contributed by atoms with van der Waals surface area (Å²) in [5.74, 6) is -1.01. The molecule has 0 aliphatic rings. The van der Waals surface area contributed by atoms with E-state index >= 15 is 0 Å². The normalized spacial score (nSPS) is 17.8. The van der Waals surface area contributed by atoms with Crippen LogP contribution in [0, 0.1) is 0 Å². The van der Waals surface area contributed by atoms with Crippen LogP contribution in [0.4, 0.5) is 0 Å². The van der Waals surface area contributed by atoms with Crippen molar-refractivity contribution in [2.24, 2.45) is 0 Å². The highest BCUT2D eigenvalue weighted by atomic mass is 16.3. The van der Waals surface area contributed by atoms with Crippen molar-refractivity contribution in [1.29, 1.82) is 0 Å². The second kappa shape index (κ2) is 10.5. The monoisotopic (exact) mass is 571 g/mol. The second-order valence-electron chi connectivity index (χ2n) is 8.93. The van der Waals surface area contributed by atoms with Gasteiger partial charge in [-0.2, -0.15) is 0 Å². The molecular formula is C39H25N3O. The predicted octanol–water partition coefficient (Wildman–Crippen LogP) is 10.1. The number of aromatic nitrogens is 3. The number of rotatable bonds is 5. The molecule has 4 nitrogen and oxygen atoms in total. The van der Waals surface area contributed by atoms with Crippen molar-refractivity contribution in [2.75, 3.05) is 0 Å². The maximum Gasteiger partial charge on any atom is 0.164 e. The maximum atomic E-state index is 9.37. The van der Waals surface area contributed by atoms with Gasteiger partial charge in [-0.3, -0.25) is 0 Å². The largest absolute Gasteiger partial charge is 0.455 e. The van der Waals surface area contributed by atoms with Gasteiger partial charge in [0.2, 0.25) is 0 Å². The van der Waals surface area contributed by atoms with Gasteiger partial charge in [-0.25, -0.2) is 15.0 Å². The molecule has 8 rings (SSSR count). The molecule has 0 amide bonds. The van der Waals surface area contributed by atoms with Crippen molar-refractivity contribution in [3.63, 3.8) is 0 Å². The number of benzene rings is 6. The lowest BCUT2D eigenvalue weighted by Gasteiger charge is -2.08. The fourth-order valence-corrected chi connectivity index (χ4v) is 4.32. The average Bonchev–Trinajstić information content (AvgIpc) is 3.68. The number of hydrogen-bond acceptors (Lipinski definition) is 4. The minimum absolute atomic E-state index is 0.110. The highest BCUT2D eigenvalue weighted by Gasteiger charge is 2.16. The Kier molecular flexibility index (Phi) is 2.88. The number of fused-ring (bicyclic) bond motifs is 3. The van der Waals surface area contributed by atoms with Gasteiger partial charge in [0.1, 0.15) is 11.2 Å². The molecule has 2 heterocycles. The van der Waals surface area contributed by atoms with Crippen molar-refractivity contribution in [3.05, 3.63) is 151 Å². The molecule has 2 aromatic heterocycles. The van der Waals surface area contributed by atoms with Gasteiger partial charge < -0.3 is 4.42 Å². The molecule has 6 aromatic carbocycles. The van der Waals surface area contributed by atoms with Crippen LogP contribution in [0.2, 0.25) is 0 Å². The Morgan fingerprint density at radius 2 is 1.02 bits per heavy atom. The molecule has 4 heteroatoms. The van der Waals surface area contributed by atoms with E-state index in [0.29, 0.717) is 5.56 Å². The lowest BCUT2D eigenvalue weighted by atomic mass is 9.99. The van der Waals surface area contributed by atoms with Crippen LogP contribution in [0.25, 0.3) is 78.4 Å². The van der Waals surface area contributed by atoms with Crippen molar-refractivity contribution in [3.8, 4) is 56.4 Å². The highest BCUT2D eigenvalue weighted by molar-refractivity contribution is 6.10. The molecule has 0 aliphatic carbocycles.